The van der Waals surface area contributed by atoms with E-state index in [2.05, 4.69) is 13.2 Å². The third-order valence-corrected chi connectivity index (χ3v) is 2.02. The predicted molar refractivity (Wildman–Crippen MR) is 61.4 cm³/mol. The maximum absolute atomic E-state index is 10.7. The summed E-state index contributed by atoms with van der Waals surface area (Å²) in [6.45, 7) is 7.39. The van der Waals surface area contributed by atoms with E-state index < -0.39 is 0 Å². The summed E-state index contributed by atoms with van der Waals surface area (Å²) in [7, 11) is 0. The highest BCUT2D eigenvalue weighted by Gasteiger charge is 1.96. The van der Waals surface area contributed by atoms with Crippen molar-refractivity contribution >= 4 is 12.0 Å². The molecule has 0 aromatic heterocycles. The highest BCUT2D eigenvalue weighted by molar-refractivity contribution is 5.81. The molecule has 0 unspecified atom stereocenters. The Hall–Kier alpha value is -1.83. The molecule has 0 saturated carbocycles. The number of esters is 1. The third kappa shape index (κ3) is 3.81. The molecular weight excluding hydrogens is 188 g/mol. The Kier molecular flexibility index (Phi) is 4.35. The van der Waals surface area contributed by atoms with E-state index in [9.17, 15) is 4.79 Å². The van der Waals surface area contributed by atoms with E-state index in [1.165, 1.54) is 6.08 Å². The highest BCUT2D eigenvalue weighted by atomic mass is 16.5. The minimum absolute atomic E-state index is 0.377. The summed E-state index contributed by atoms with van der Waals surface area (Å²) in [6.07, 6.45) is 3.68. The zero-order chi connectivity index (χ0) is 11.1. The first-order chi connectivity index (χ1) is 7.26. The molecule has 0 aliphatic heterocycles. The first-order valence-corrected chi connectivity index (χ1v) is 4.77. The summed E-state index contributed by atoms with van der Waals surface area (Å²) in [4.78, 5) is 10.7. The number of hydrogen-bond acceptors (Lipinski definition) is 2. The molecule has 0 N–H and O–H groups in total. The standard InChI is InChI=1S/C13H14O2/c1-3-11-5-7-12(8-6-11)9-10-15-13(14)4-2/h3-8H,1-2,9-10H2. The molecular formula is C13H14O2. The van der Waals surface area contributed by atoms with Gasteiger partial charge in [-0.05, 0) is 11.1 Å². The number of benzene rings is 1. The van der Waals surface area contributed by atoms with Crippen LogP contribution in [0.5, 0.6) is 0 Å². The molecule has 0 aliphatic carbocycles. The zero-order valence-electron chi connectivity index (χ0n) is 8.61. The fraction of sp³-hybridized carbons (Fsp3) is 0.154. The van der Waals surface area contributed by atoms with E-state index in [1.807, 2.05) is 24.3 Å². The third-order valence-electron chi connectivity index (χ3n) is 2.02. The molecule has 2 nitrogen and oxygen atoms in total. The second-order valence-electron chi connectivity index (χ2n) is 3.07. The Morgan fingerprint density at radius 2 is 1.93 bits per heavy atom. The van der Waals surface area contributed by atoms with Crippen LogP contribution in [0.15, 0.2) is 43.5 Å². The molecule has 0 saturated heterocycles. The van der Waals surface area contributed by atoms with Crippen molar-refractivity contribution in [1.29, 1.82) is 0 Å². The van der Waals surface area contributed by atoms with E-state index in [4.69, 9.17) is 4.74 Å². The van der Waals surface area contributed by atoms with Gasteiger partial charge in [-0.15, -0.1) is 0 Å². The first-order valence-electron chi connectivity index (χ1n) is 4.77. The Bertz CT molecular complexity index is 349. The Morgan fingerprint density at radius 3 is 2.47 bits per heavy atom. The molecule has 1 aromatic rings. The number of rotatable bonds is 5. The quantitative estimate of drug-likeness (QED) is 0.542. The lowest BCUT2D eigenvalue weighted by molar-refractivity contribution is -0.137. The van der Waals surface area contributed by atoms with E-state index in [0.717, 1.165) is 17.5 Å². The van der Waals surface area contributed by atoms with Crippen molar-refractivity contribution in [2.24, 2.45) is 0 Å². The van der Waals surface area contributed by atoms with Gasteiger partial charge in [0.15, 0.2) is 0 Å². The van der Waals surface area contributed by atoms with Crippen LogP contribution in [0.25, 0.3) is 6.08 Å². The molecule has 0 spiro atoms. The van der Waals surface area contributed by atoms with Crippen molar-refractivity contribution in [2.75, 3.05) is 6.61 Å². The van der Waals surface area contributed by atoms with Crippen LogP contribution in [0.3, 0.4) is 0 Å². The summed E-state index contributed by atoms with van der Waals surface area (Å²) in [6, 6.07) is 7.97. The zero-order valence-corrected chi connectivity index (χ0v) is 8.61. The fourth-order valence-electron chi connectivity index (χ4n) is 1.15. The van der Waals surface area contributed by atoms with Gasteiger partial charge in [-0.3, -0.25) is 0 Å². The summed E-state index contributed by atoms with van der Waals surface area (Å²) < 4.78 is 4.87. The maximum atomic E-state index is 10.7. The van der Waals surface area contributed by atoms with Gasteiger partial charge in [0.1, 0.15) is 0 Å². The van der Waals surface area contributed by atoms with Crippen LogP contribution < -0.4 is 0 Å². The van der Waals surface area contributed by atoms with Crippen molar-refractivity contribution in [2.45, 2.75) is 6.42 Å². The van der Waals surface area contributed by atoms with E-state index >= 15 is 0 Å². The maximum Gasteiger partial charge on any atom is 0.330 e. The molecule has 2 heteroatoms. The molecule has 0 atom stereocenters. The van der Waals surface area contributed by atoms with Gasteiger partial charge in [-0.2, -0.15) is 0 Å². The highest BCUT2D eigenvalue weighted by Crippen LogP contribution is 2.06. The number of carbonyl (C=O) groups is 1. The molecule has 78 valence electrons. The Labute approximate surface area is 89.9 Å². The van der Waals surface area contributed by atoms with E-state index in [-0.39, 0.29) is 5.97 Å². The monoisotopic (exact) mass is 202 g/mol. The average Bonchev–Trinajstić information content (AvgIpc) is 2.29. The van der Waals surface area contributed by atoms with Crippen molar-refractivity contribution < 1.29 is 9.53 Å². The molecule has 1 aromatic carbocycles. The number of ether oxygens (including phenoxy) is 1. The minimum atomic E-state index is -0.377. The van der Waals surface area contributed by atoms with E-state index in [1.54, 1.807) is 6.08 Å². The van der Waals surface area contributed by atoms with Crippen LogP contribution in [-0.2, 0) is 16.0 Å². The van der Waals surface area contributed by atoms with Crippen molar-refractivity contribution in [3.05, 3.63) is 54.6 Å². The second kappa shape index (κ2) is 5.81. The Morgan fingerprint density at radius 1 is 1.27 bits per heavy atom. The summed E-state index contributed by atoms with van der Waals surface area (Å²) in [5.74, 6) is -0.377. The average molecular weight is 202 g/mol. The van der Waals surface area contributed by atoms with Gasteiger partial charge in [0.2, 0.25) is 0 Å². The second-order valence-corrected chi connectivity index (χ2v) is 3.07. The first kappa shape index (κ1) is 11.2. The number of carbonyl (C=O) groups excluding carboxylic acids is 1. The predicted octanol–water partition coefficient (Wildman–Crippen LogP) is 2.60. The molecule has 0 bridgehead atoms. The van der Waals surface area contributed by atoms with Crippen molar-refractivity contribution in [3.8, 4) is 0 Å². The van der Waals surface area contributed by atoms with Gasteiger partial charge in [-0.1, -0.05) is 43.5 Å². The van der Waals surface area contributed by atoms with E-state index in [0.29, 0.717) is 6.61 Å². The fourth-order valence-corrected chi connectivity index (χ4v) is 1.15. The molecule has 0 aliphatic rings. The molecule has 0 fully saturated rings. The van der Waals surface area contributed by atoms with Gasteiger partial charge in [0.25, 0.3) is 0 Å². The van der Waals surface area contributed by atoms with Crippen molar-refractivity contribution in [3.63, 3.8) is 0 Å². The lowest BCUT2D eigenvalue weighted by atomic mass is 10.1. The lowest BCUT2D eigenvalue weighted by Crippen LogP contribution is -2.04. The van der Waals surface area contributed by atoms with Crippen LogP contribution in [0.2, 0.25) is 0 Å². The largest absolute Gasteiger partial charge is 0.462 e. The van der Waals surface area contributed by atoms with Gasteiger partial charge >= 0.3 is 5.97 Å². The van der Waals surface area contributed by atoms with Crippen LogP contribution in [0.1, 0.15) is 11.1 Å². The van der Waals surface area contributed by atoms with Gasteiger partial charge in [0, 0.05) is 12.5 Å². The SMILES string of the molecule is C=CC(=O)OCCc1ccc(C=C)cc1. The van der Waals surface area contributed by atoms with Crippen LogP contribution in [0, 0.1) is 0 Å². The summed E-state index contributed by atoms with van der Waals surface area (Å²) >= 11 is 0. The molecule has 15 heavy (non-hydrogen) atoms. The topological polar surface area (TPSA) is 26.3 Å². The van der Waals surface area contributed by atoms with Crippen LogP contribution >= 0.6 is 0 Å². The molecule has 0 heterocycles. The van der Waals surface area contributed by atoms with Crippen molar-refractivity contribution in [1.82, 2.24) is 0 Å². The van der Waals surface area contributed by atoms with Crippen LogP contribution in [0.4, 0.5) is 0 Å². The number of hydrogen-bond donors (Lipinski definition) is 0. The van der Waals surface area contributed by atoms with Gasteiger partial charge in [-0.25, -0.2) is 4.79 Å². The summed E-state index contributed by atoms with van der Waals surface area (Å²) in [5, 5.41) is 0. The lowest BCUT2D eigenvalue weighted by Gasteiger charge is -2.02. The van der Waals surface area contributed by atoms with Gasteiger partial charge < -0.3 is 4.74 Å². The smallest absolute Gasteiger partial charge is 0.330 e. The Balaban J connectivity index is 2.40. The molecule has 1 rings (SSSR count). The molecule has 0 amide bonds. The normalized spacial score (nSPS) is 9.33. The van der Waals surface area contributed by atoms with Gasteiger partial charge in [0.05, 0.1) is 6.61 Å². The minimum Gasteiger partial charge on any atom is -0.462 e. The summed E-state index contributed by atoms with van der Waals surface area (Å²) in [5.41, 5.74) is 2.22. The molecule has 0 radical (unpaired) electrons. The van der Waals surface area contributed by atoms with Crippen LogP contribution in [-0.4, -0.2) is 12.6 Å².